The van der Waals surface area contributed by atoms with Crippen LogP contribution in [-0.4, -0.2) is 45.7 Å². The predicted molar refractivity (Wildman–Crippen MR) is 109 cm³/mol. The largest absolute Gasteiger partial charge is 0.507 e. The number of phenolic OH excluding ortho intramolecular Hbond substituents is 1. The molecule has 1 saturated heterocycles. The topological polar surface area (TPSA) is 83.2 Å². The average molecular weight is 410 g/mol. The van der Waals surface area contributed by atoms with E-state index in [-0.39, 0.29) is 34.2 Å². The lowest BCUT2D eigenvalue weighted by atomic mass is 9.79. The standard InChI is InChI=1S/C21H29F3N4O/c1-19(2)11-14(12-20(3,4)27-19)28(5)18(26)9-7-16(25)15-10-13(21(22,23)24)6-8-17(15)29/h6-10,14,25-27,29H,11-12H2,1-5H3/b9-7-,25-16?,26-18?. The second kappa shape index (κ2) is 7.82. The Kier molecular flexibility index (Phi) is 6.18. The summed E-state index contributed by atoms with van der Waals surface area (Å²) in [6.07, 6.45) is -0.284. The van der Waals surface area contributed by atoms with Crippen molar-refractivity contribution in [3.05, 3.63) is 41.5 Å². The van der Waals surface area contributed by atoms with Gasteiger partial charge in [-0.05, 0) is 70.9 Å². The molecule has 29 heavy (non-hydrogen) atoms. The van der Waals surface area contributed by atoms with E-state index in [1.165, 1.54) is 12.2 Å². The first-order valence-corrected chi connectivity index (χ1v) is 9.39. The van der Waals surface area contributed by atoms with Crippen molar-refractivity contribution in [1.82, 2.24) is 10.2 Å². The lowest BCUT2D eigenvalue weighted by Gasteiger charge is -2.49. The molecule has 1 aliphatic rings. The van der Waals surface area contributed by atoms with Gasteiger partial charge in [-0.15, -0.1) is 0 Å². The Morgan fingerprint density at radius 1 is 1.14 bits per heavy atom. The van der Waals surface area contributed by atoms with Crippen molar-refractivity contribution < 1.29 is 18.3 Å². The van der Waals surface area contributed by atoms with E-state index in [1.807, 2.05) is 4.90 Å². The highest BCUT2D eigenvalue weighted by Gasteiger charge is 2.39. The van der Waals surface area contributed by atoms with Crippen molar-refractivity contribution in [2.75, 3.05) is 7.05 Å². The molecule has 0 unspecified atom stereocenters. The number of alkyl halides is 3. The molecule has 1 aromatic carbocycles. The van der Waals surface area contributed by atoms with Crippen LogP contribution in [0.3, 0.4) is 0 Å². The van der Waals surface area contributed by atoms with Gasteiger partial charge in [0, 0.05) is 29.7 Å². The molecule has 5 nitrogen and oxygen atoms in total. The molecule has 0 spiro atoms. The van der Waals surface area contributed by atoms with Gasteiger partial charge in [0.2, 0.25) is 0 Å². The Labute approximate surface area is 169 Å². The Bertz CT molecular complexity index is 812. The first-order valence-electron chi connectivity index (χ1n) is 9.39. The van der Waals surface area contributed by atoms with E-state index in [4.69, 9.17) is 10.8 Å². The first-order chi connectivity index (χ1) is 13.1. The smallest absolute Gasteiger partial charge is 0.416 e. The number of aromatic hydroxyl groups is 1. The summed E-state index contributed by atoms with van der Waals surface area (Å²) >= 11 is 0. The molecule has 1 fully saturated rings. The lowest BCUT2D eigenvalue weighted by molar-refractivity contribution is -0.137. The zero-order valence-corrected chi connectivity index (χ0v) is 17.4. The minimum Gasteiger partial charge on any atom is -0.507 e. The van der Waals surface area contributed by atoms with Gasteiger partial charge in [-0.2, -0.15) is 13.2 Å². The summed E-state index contributed by atoms with van der Waals surface area (Å²) in [6, 6.07) is 2.55. The number of phenols is 1. The number of rotatable bonds is 4. The van der Waals surface area contributed by atoms with Crippen LogP contribution in [0.2, 0.25) is 0 Å². The van der Waals surface area contributed by atoms with E-state index >= 15 is 0 Å². The van der Waals surface area contributed by atoms with Crippen LogP contribution in [0.5, 0.6) is 5.75 Å². The van der Waals surface area contributed by atoms with Gasteiger partial charge in [0.25, 0.3) is 0 Å². The molecule has 4 N–H and O–H groups in total. The van der Waals surface area contributed by atoms with Crippen LogP contribution in [0.15, 0.2) is 30.4 Å². The van der Waals surface area contributed by atoms with Crippen LogP contribution in [0, 0.1) is 10.8 Å². The number of nitrogens with zero attached hydrogens (tertiary/aromatic N) is 1. The fourth-order valence-corrected chi connectivity index (χ4v) is 4.04. The monoisotopic (exact) mass is 410 g/mol. The average Bonchev–Trinajstić information content (AvgIpc) is 2.55. The van der Waals surface area contributed by atoms with E-state index in [9.17, 15) is 18.3 Å². The van der Waals surface area contributed by atoms with Gasteiger partial charge in [0.05, 0.1) is 11.3 Å². The fraction of sp³-hybridized carbons (Fsp3) is 0.524. The maximum Gasteiger partial charge on any atom is 0.416 e. The summed E-state index contributed by atoms with van der Waals surface area (Å²) in [5, 5.41) is 29.8. The molecular weight excluding hydrogens is 381 g/mol. The molecule has 0 atom stereocenters. The summed E-state index contributed by atoms with van der Waals surface area (Å²) < 4.78 is 38.7. The third-order valence-electron chi connectivity index (χ3n) is 5.12. The van der Waals surface area contributed by atoms with Crippen LogP contribution < -0.4 is 5.32 Å². The number of halogens is 3. The molecule has 0 amide bonds. The first kappa shape index (κ1) is 22.9. The molecule has 2 rings (SSSR count). The second-order valence-corrected chi connectivity index (χ2v) is 8.93. The molecular formula is C21H29F3N4O. The summed E-state index contributed by atoms with van der Waals surface area (Å²) in [5.74, 6) is -0.255. The van der Waals surface area contributed by atoms with Gasteiger partial charge >= 0.3 is 6.18 Å². The molecule has 1 aliphatic heterocycles. The van der Waals surface area contributed by atoms with Crippen molar-refractivity contribution in [2.24, 2.45) is 0 Å². The number of hydrogen-bond acceptors (Lipinski definition) is 4. The minimum absolute atomic E-state index is 0.0960. The van der Waals surface area contributed by atoms with E-state index < -0.39 is 17.5 Å². The molecule has 0 aliphatic carbocycles. The van der Waals surface area contributed by atoms with Crippen molar-refractivity contribution in [3.63, 3.8) is 0 Å². The van der Waals surface area contributed by atoms with Crippen LogP contribution in [0.25, 0.3) is 0 Å². The molecule has 0 radical (unpaired) electrons. The van der Waals surface area contributed by atoms with E-state index in [0.717, 1.165) is 31.0 Å². The summed E-state index contributed by atoms with van der Waals surface area (Å²) in [6.45, 7) is 8.45. The number of likely N-dealkylation sites (N-methyl/N-ethyl adjacent to an activating group) is 1. The number of hydrogen-bond donors (Lipinski definition) is 4. The summed E-state index contributed by atoms with van der Waals surface area (Å²) in [5.41, 5.74) is -1.65. The number of piperidine rings is 1. The van der Waals surface area contributed by atoms with Crippen molar-refractivity contribution in [2.45, 2.75) is 63.8 Å². The zero-order valence-electron chi connectivity index (χ0n) is 17.4. The maximum absolute atomic E-state index is 12.9. The van der Waals surface area contributed by atoms with Crippen LogP contribution in [0.4, 0.5) is 13.2 Å². The van der Waals surface area contributed by atoms with E-state index in [0.29, 0.717) is 0 Å². The Balaban J connectivity index is 2.15. The number of allylic oxidation sites excluding steroid dienone is 1. The van der Waals surface area contributed by atoms with Crippen molar-refractivity contribution >= 4 is 11.5 Å². The summed E-state index contributed by atoms with van der Waals surface area (Å²) in [7, 11) is 1.81. The Hall–Kier alpha value is -2.35. The van der Waals surface area contributed by atoms with Gasteiger partial charge in [-0.25, -0.2) is 0 Å². The third kappa shape index (κ3) is 5.82. The molecule has 160 valence electrons. The molecule has 1 heterocycles. The lowest BCUT2D eigenvalue weighted by Crippen LogP contribution is -2.62. The highest BCUT2D eigenvalue weighted by Crippen LogP contribution is 2.33. The van der Waals surface area contributed by atoms with Gasteiger partial charge in [-0.3, -0.25) is 5.41 Å². The van der Waals surface area contributed by atoms with Crippen molar-refractivity contribution in [3.8, 4) is 5.75 Å². The van der Waals surface area contributed by atoms with E-state index in [2.05, 4.69) is 33.0 Å². The zero-order chi connectivity index (χ0) is 22.2. The molecule has 0 aromatic heterocycles. The van der Waals surface area contributed by atoms with Gasteiger partial charge < -0.3 is 20.7 Å². The fourth-order valence-electron chi connectivity index (χ4n) is 4.04. The Morgan fingerprint density at radius 2 is 1.69 bits per heavy atom. The highest BCUT2D eigenvalue weighted by atomic mass is 19.4. The number of amidine groups is 1. The van der Waals surface area contributed by atoms with Gasteiger partial charge in [0.1, 0.15) is 11.6 Å². The normalized spacial score (nSPS) is 19.3. The second-order valence-electron chi connectivity index (χ2n) is 8.93. The van der Waals surface area contributed by atoms with Crippen LogP contribution >= 0.6 is 0 Å². The van der Waals surface area contributed by atoms with Crippen LogP contribution in [-0.2, 0) is 6.18 Å². The predicted octanol–water partition coefficient (Wildman–Crippen LogP) is 4.55. The number of benzene rings is 1. The maximum atomic E-state index is 12.9. The van der Waals surface area contributed by atoms with E-state index in [1.54, 1.807) is 7.05 Å². The minimum atomic E-state index is -4.56. The van der Waals surface area contributed by atoms with Gasteiger partial charge in [-0.1, -0.05) is 0 Å². The van der Waals surface area contributed by atoms with Crippen LogP contribution in [0.1, 0.15) is 51.7 Å². The molecule has 0 bridgehead atoms. The molecule has 0 saturated carbocycles. The number of nitrogens with one attached hydrogen (secondary N) is 3. The van der Waals surface area contributed by atoms with Crippen molar-refractivity contribution in [1.29, 1.82) is 10.8 Å². The van der Waals surface area contributed by atoms with Gasteiger partial charge in [0.15, 0.2) is 0 Å². The Morgan fingerprint density at radius 3 is 2.21 bits per heavy atom. The highest BCUT2D eigenvalue weighted by molar-refractivity contribution is 6.11. The SMILES string of the molecule is CN(C(=N)/C=C\C(=N)c1cc(C(F)(F)F)ccc1O)C1CC(C)(C)NC(C)(C)C1. The third-order valence-corrected chi connectivity index (χ3v) is 5.12. The molecule has 1 aromatic rings. The summed E-state index contributed by atoms with van der Waals surface area (Å²) in [4.78, 5) is 1.82. The molecule has 8 heteroatoms. The quantitative estimate of drug-likeness (QED) is 0.434.